The molecule has 3 aromatic carbocycles. The van der Waals surface area contributed by atoms with Crippen molar-refractivity contribution in [2.45, 2.75) is 121 Å². The van der Waals surface area contributed by atoms with Crippen molar-refractivity contribution in [3.05, 3.63) is 100 Å². The van der Waals surface area contributed by atoms with E-state index in [4.69, 9.17) is 19.4 Å². The number of amides is 4. The molecule has 4 amide bonds. The van der Waals surface area contributed by atoms with Crippen LogP contribution in [0.4, 0.5) is 4.79 Å². The molecule has 3 aliphatic carbocycles. The van der Waals surface area contributed by atoms with Crippen molar-refractivity contribution in [1.29, 1.82) is 0 Å². The number of carbonyl (C=O) groups is 4. The first kappa shape index (κ1) is 42.2. The van der Waals surface area contributed by atoms with E-state index in [1.807, 2.05) is 42.0 Å². The summed E-state index contributed by atoms with van der Waals surface area (Å²) in [6.45, 7) is 5.43. The Kier molecular flexibility index (Phi) is 10.9. The maximum Gasteiger partial charge on any atom is 0.407 e. The minimum atomic E-state index is -0.735. The molecule has 3 aliphatic heterocycles. The van der Waals surface area contributed by atoms with Gasteiger partial charge in [0.05, 0.1) is 42.5 Å². The Hall–Kier alpha value is -6.44. The SMILES string of the molecule is COC(=O)N[C@H](C(=O)N1CCC[C@H]1c1ncc(-c2ccc3c(c2)COc2cc4c(cc2-3)CCc2nc([C@@H]3CCCN3C(=O)[C@H](NC(=O)C3CC3)c3ccc(C5CCC5)cc3)[nH]c2-4)[nH]1)C(C)C. The Morgan fingerprint density at radius 2 is 1.53 bits per heavy atom. The van der Waals surface area contributed by atoms with E-state index in [9.17, 15) is 19.2 Å². The summed E-state index contributed by atoms with van der Waals surface area (Å²) >= 11 is 0. The number of aryl methyl sites for hydroxylation is 2. The smallest absolute Gasteiger partial charge is 0.407 e. The number of alkyl carbamates (subject to hydrolysis) is 1. The number of H-pyrrole nitrogens is 2. The Bertz CT molecular complexity index is 2710. The minimum absolute atomic E-state index is 0.00413. The van der Waals surface area contributed by atoms with Gasteiger partial charge in [0.15, 0.2) is 0 Å². The number of imidazole rings is 2. The molecule has 2 saturated heterocycles. The Balaban J connectivity index is 0.814. The summed E-state index contributed by atoms with van der Waals surface area (Å²) in [7, 11) is 1.30. The van der Waals surface area contributed by atoms with Gasteiger partial charge in [-0.05, 0) is 128 Å². The summed E-state index contributed by atoms with van der Waals surface area (Å²) in [5.74, 6) is 2.58. The Labute approximate surface area is 384 Å². The lowest BCUT2D eigenvalue weighted by atomic mass is 9.80. The lowest BCUT2D eigenvalue weighted by molar-refractivity contribution is -0.138. The van der Waals surface area contributed by atoms with E-state index in [0.717, 1.165) is 119 Å². The number of hydrogen-bond donors (Lipinski definition) is 4. The first-order valence-corrected chi connectivity index (χ1v) is 24.0. The van der Waals surface area contributed by atoms with Crippen molar-refractivity contribution >= 4 is 23.8 Å². The molecule has 66 heavy (non-hydrogen) atoms. The fraction of sp³-hybridized carbons (Fsp3) is 0.462. The normalized spacial score (nSPS) is 20.6. The molecule has 6 aliphatic rings. The van der Waals surface area contributed by atoms with E-state index in [1.165, 1.54) is 37.5 Å². The van der Waals surface area contributed by atoms with E-state index in [1.54, 1.807) is 0 Å². The summed E-state index contributed by atoms with van der Waals surface area (Å²) in [4.78, 5) is 74.4. The molecule has 14 heteroatoms. The molecule has 4 fully saturated rings. The summed E-state index contributed by atoms with van der Waals surface area (Å²) < 4.78 is 11.3. The van der Waals surface area contributed by atoms with Gasteiger partial charge >= 0.3 is 6.09 Å². The molecule has 11 rings (SSSR count). The lowest BCUT2D eigenvalue weighted by Gasteiger charge is -2.30. The Morgan fingerprint density at radius 1 is 0.773 bits per heavy atom. The number of aromatic amines is 2. The number of aromatic nitrogens is 4. The highest BCUT2D eigenvalue weighted by atomic mass is 16.5. The quantitative estimate of drug-likeness (QED) is 0.102. The van der Waals surface area contributed by atoms with Gasteiger partial charge in [-0.2, -0.15) is 0 Å². The number of nitrogens with zero attached hydrogens (tertiary/aromatic N) is 4. The summed E-state index contributed by atoms with van der Waals surface area (Å²) in [6.07, 6.45) is 11.5. The minimum Gasteiger partial charge on any atom is -0.488 e. The van der Waals surface area contributed by atoms with Crippen LogP contribution in [0.5, 0.6) is 5.75 Å². The number of hydrogen-bond acceptors (Lipinski definition) is 8. The Morgan fingerprint density at radius 3 is 2.24 bits per heavy atom. The van der Waals surface area contributed by atoms with Crippen LogP contribution in [-0.4, -0.2) is 79.8 Å². The van der Waals surface area contributed by atoms with Gasteiger partial charge in [0.25, 0.3) is 0 Å². The van der Waals surface area contributed by atoms with Gasteiger partial charge in [0.1, 0.15) is 36.1 Å². The van der Waals surface area contributed by atoms with Crippen LogP contribution in [-0.2, 0) is 38.6 Å². The van der Waals surface area contributed by atoms with Crippen molar-refractivity contribution in [2.24, 2.45) is 11.8 Å². The van der Waals surface area contributed by atoms with Gasteiger partial charge < -0.3 is 39.9 Å². The molecule has 2 aromatic heterocycles. The van der Waals surface area contributed by atoms with Gasteiger partial charge in [-0.25, -0.2) is 14.8 Å². The third-order valence-electron chi connectivity index (χ3n) is 15.0. The number of fused-ring (bicyclic) bond motifs is 6. The van der Waals surface area contributed by atoms with Crippen molar-refractivity contribution in [3.8, 4) is 39.4 Å². The highest BCUT2D eigenvalue weighted by molar-refractivity contribution is 5.91. The van der Waals surface area contributed by atoms with Crippen molar-refractivity contribution < 1.29 is 28.7 Å². The second kappa shape index (κ2) is 17.1. The molecular formula is C52H58N8O6. The van der Waals surface area contributed by atoms with Crippen LogP contribution in [0.3, 0.4) is 0 Å². The van der Waals surface area contributed by atoms with Crippen LogP contribution in [0.2, 0.25) is 0 Å². The highest BCUT2D eigenvalue weighted by Gasteiger charge is 2.41. The van der Waals surface area contributed by atoms with Crippen LogP contribution in [0, 0.1) is 11.8 Å². The van der Waals surface area contributed by atoms with Crippen LogP contribution in [0.25, 0.3) is 33.6 Å². The van der Waals surface area contributed by atoms with Crippen LogP contribution < -0.4 is 15.4 Å². The van der Waals surface area contributed by atoms with Gasteiger partial charge in [-0.15, -0.1) is 0 Å². The fourth-order valence-corrected chi connectivity index (χ4v) is 10.9. The van der Waals surface area contributed by atoms with Crippen LogP contribution in [0.15, 0.2) is 60.8 Å². The third kappa shape index (κ3) is 7.71. The average molecular weight is 891 g/mol. The molecule has 4 atom stereocenters. The predicted molar refractivity (Wildman–Crippen MR) is 247 cm³/mol. The van der Waals surface area contributed by atoms with Gasteiger partial charge in [-0.1, -0.05) is 56.7 Å². The lowest BCUT2D eigenvalue weighted by Crippen LogP contribution is -2.51. The first-order chi connectivity index (χ1) is 32.1. The zero-order valence-corrected chi connectivity index (χ0v) is 38.0. The van der Waals surface area contributed by atoms with E-state index in [2.05, 4.69) is 63.1 Å². The molecule has 0 unspecified atom stereocenters. The number of ether oxygens (including phenoxy) is 2. The summed E-state index contributed by atoms with van der Waals surface area (Å²) in [5.41, 5.74) is 11.5. The standard InChI is InChI=1S/C52H58N8O6/c1-28(2)44(58-52(64)65-3)50(62)59-21-5-9-41(59)47-53-26-40(55-47)34-17-19-36-35(23-34)27-66-43-25-37-33(24-38(36)43)18-20-39-46(37)56-48(54-39)42-10-6-22-60(42)51(63)45(57-49(61)32-15-16-32)31-13-11-30(12-14-31)29-7-4-8-29/h11-14,17,19,23-26,28-29,32,41-42,44-45H,4-10,15-16,18,20-22,27H2,1-3H3,(H,53,55)(H,54,56)(H,57,61)(H,58,64)/t41-,42-,44-,45+/m0/s1. The largest absolute Gasteiger partial charge is 0.488 e. The molecule has 14 nitrogen and oxygen atoms in total. The van der Waals surface area contributed by atoms with Crippen LogP contribution >= 0.6 is 0 Å². The second-order valence-electron chi connectivity index (χ2n) is 19.5. The second-order valence-corrected chi connectivity index (χ2v) is 19.5. The number of benzene rings is 3. The number of carbonyl (C=O) groups excluding carboxylic acids is 4. The van der Waals surface area contributed by atoms with Gasteiger partial charge in [0, 0.05) is 30.1 Å². The molecule has 0 radical (unpaired) electrons. The van der Waals surface area contributed by atoms with Gasteiger partial charge in [-0.3, -0.25) is 14.4 Å². The number of likely N-dealkylation sites (tertiary alicyclic amines) is 2. The molecule has 0 bridgehead atoms. The number of rotatable bonds is 11. The maximum absolute atomic E-state index is 14.6. The third-order valence-corrected chi connectivity index (χ3v) is 15.0. The van der Waals surface area contributed by atoms with Gasteiger partial charge in [0.2, 0.25) is 17.7 Å². The molecule has 342 valence electrons. The topological polar surface area (TPSA) is 175 Å². The zero-order valence-electron chi connectivity index (χ0n) is 38.0. The molecular weight excluding hydrogens is 833 g/mol. The van der Waals surface area contributed by atoms with Crippen molar-refractivity contribution in [2.75, 3.05) is 20.2 Å². The molecule has 0 spiro atoms. The fourth-order valence-electron chi connectivity index (χ4n) is 10.9. The van der Waals surface area contributed by atoms with Crippen molar-refractivity contribution in [1.82, 2.24) is 40.4 Å². The van der Waals surface area contributed by atoms with E-state index < -0.39 is 18.2 Å². The van der Waals surface area contributed by atoms with E-state index >= 15 is 0 Å². The average Bonchev–Trinajstić information content (AvgIpc) is 3.72. The predicted octanol–water partition coefficient (Wildman–Crippen LogP) is 8.37. The number of methoxy groups -OCH3 is 1. The first-order valence-electron chi connectivity index (χ1n) is 24.0. The van der Waals surface area contributed by atoms with Crippen LogP contribution in [0.1, 0.15) is 135 Å². The molecule has 5 heterocycles. The zero-order chi connectivity index (χ0) is 45.2. The molecule has 2 saturated carbocycles. The van der Waals surface area contributed by atoms with E-state index in [0.29, 0.717) is 25.6 Å². The summed E-state index contributed by atoms with van der Waals surface area (Å²) in [6, 6.07) is 17.3. The van der Waals surface area contributed by atoms with Crippen molar-refractivity contribution in [3.63, 3.8) is 0 Å². The van der Waals surface area contributed by atoms with E-state index in [-0.39, 0.29) is 41.6 Å². The maximum atomic E-state index is 14.6. The summed E-state index contributed by atoms with van der Waals surface area (Å²) in [5, 5.41) is 5.87. The monoisotopic (exact) mass is 890 g/mol. The highest BCUT2D eigenvalue weighted by Crippen LogP contribution is 2.46. The molecule has 5 aromatic rings. The molecule has 4 N–H and O–H groups in total. The number of nitrogens with one attached hydrogen (secondary N) is 4.